The van der Waals surface area contributed by atoms with E-state index in [1.54, 1.807) is 6.07 Å². The van der Waals surface area contributed by atoms with Crippen LogP contribution in [-0.2, 0) is 12.7 Å². The van der Waals surface area contributed by atoms with Crippen LogP contribution < -0.4 is 5.32 Å². The summed E-state index contributed by atoms with van der Waals surface area (Å²) in [6.07, 6.45) is -2.35. The Labute approximate surface area is 172 Å². The maximum atomic E-state index is 13.0. The van der Waals surface area contributed by atoms with Gasteiger partial charge in [0.2, 0.25) is 0 Å². The van der Waals surface area contributed by atoms with Crippen molar-refractivity contribution in [1.82, 2.24) is 9.47 Å². The number of aromatic nitrogens is 1. The second kappa shape index (κ2) is 7.55. The van der Waals surface area contributed by atoms with Gasteiger partial charge in [-0.25, -0.2) is 0 Å². The van der Waals surface area contributed by atoms with Gasteiger partial charge in [-0.2, -0.15) is 13.2 Å². The normalized spacial score (nSPS) is 16.4. The Bertz CT molecular complexity index is 1020. The molecule has 0 fully saturated rings. The Balaban J connectivity index is 1.64. The molecule has 1 aliphatic heterocycles. The van der Waals surface area contributed by atoms with Gasteiger partial charge >= 0.3 is 6.18 Å². The first-order valence-electron chi connectivity index (χ1n) is 9.29. The first-order valence-corrected chi connectivity index (χ1v) is 9.70. The number of fused-ring (bicyclic) bond motifs is 1. The van der Waals surface area contributed by atoms with Gasteiger partial charge in [0.15, 0.2) is 5.11 Å². The zero-order valence-electron chi connectivity index (χ0n) is 15.8. The number of nitrogens with one attached hydrogen (secondary N) is 1. The number of nitrogens with zero attached hydrogens (tertiary/aromatic N) is 2. The molecule has 0 saturated carbocycles. The summed E-state index contributed by atoms with van der Waals surface area (Å²) in [6.45, 7) is 3.45. The highest BCUT2D eigenvalue weighted by atomic mass is 32.1. The topological polar surface area (TPSA) is 20.2 Å². The van der Waals surface area contributed by atoms with E-state index in [1.165, 1.54) is 6.07 Å². The zero-order chi connectivity index (χ0) is 20.6. The molecule has 0 radical (unpaired) electrons. The van der Waals surface area contributed by atoms with Gasteiger partial charge in [0.25, 0.3) is 0 Å². The van der Waals surface area contributed by atoms with Crippen LogP contribution in [0.2, 0.25) is 0 Å². The second-order valence-corrected chi connectivity index (χ2v) is 7.53. The van der Waals surface area contributed by atoms with Gasteiger partial charge < -0.3 is 14.8 Å². The molecule has 0 bridgehead atoms. The lowest BCUT2D eigenvalue weighted by Crippen LogP contribution is -2.44. The predicted molar refractivity (Wildman–Crippen MR) is 112 cm³/mol. The second-order valence-electron chi connectivity index (χ2n) is 7.14. The number of aryl methyl sites for hydroxylation is 1. The highest BCUT2D eigenvalue weighted by Crippen LogP contribution is 2.34. The molecule has 1 aromatic heterocycles. The van der Waals surface area contributed by atoms with E-state index in [0.717, 1.165) is 35.5 Å². The number of anilines is 1. The molecule has 0 aliphatic carbocycles. The van der Waals surface area contributed by atoms with Gasteiger partial charge in [-0.05, 0) is 55.0 Å². The molecular weight excluding hydrogens is 395 g/mol. The van der Waals surface area contributed by atoms with Crippen molar-refractivity contribution in [3.8, 4) is 0 Å². The third-order valence-corrected chi connectivity index (χ3v) is 5.47. The van der Waals surface area contributed by atoms with Crippen molar-refractivity contribution in [3.63, 3.8) is 0 Å². The summed E-state index contributed by atoms with van der Waals surface area (Å²) >= 11 is 5.62. The van der Waals surface area contributed by atoms with Crippen LogP contribution in [0.15, 0.2) is 66.9 Å². The van der Waals surface area contributed by atoms with Gasteiger partial charge in [0.05, 0.1) is 11.6 Å². The summed E-state index contributed by atoms with van der Waals surface area (Å²) in [4.78, 5) is 2.04. The summed E-state index contributed by atoms with van der Waals surface area (Å²) < 4.78 is 41.3. The maximum absolute atomic E-state index is 13.0. The number of halogens is 3. The monoisotopic (exact) mass is 415 g/mol. The molecule has 4 rings (SSSR count). The maximum Gasteiger partial charge on any atom is 0.416 e. The Morgan fingerprint density at radius 2 is 1.79 bits per heavy atom. The SMILES string of the molecule is Cc1ccc(C2c3cccn3CCN2C(=S)Nc2cccc(C(F)(F)F)c2)cc1. The quantitative estimate of drug-likeness (QED) is 0.549. The molecule has 1 unspecified atom stereocenters. The van der Waals surface area contributed by atoms with Crippen LogP contribution in [0.5, 0.6) is 0 Å². The van der Waals surface area contributed by atoms with Crippen LogP contribution in [0.25, 0.3) is 0 Å². The number of benzene rings is 2. The smallest absolute Gasteiger partial charge is 0.348 e. The number of hydrogen-bond acceptors (Lipinski definition) is 1. The van der Waals surface area contributed by atoms with Crippen LogP contribution >= 0.6 is 12.2 Å². The van der Waals surface area contributed by atoms with Crippen molar-refractivity contribution in [3.05, 3.63) is 89.2 Å². The van der Waals surface area contributed by atoms with Crippen molar-refractivity contribution in [2.75, 3.05) is 11.9 Å². The van der Waals surface area contributed by atoms with Crippen LogP contribution in [0.1, 0.15) is 28.4 Å². The first-order chi connectivity index (χ1) is 13.8. The van der Waals surface area contributed by atoms with E-state index in [4.69, 9.17) is 12.2 Å². The summed E-state index contributed by atoms with van der Waals surface area (Å²) in [7, 11) is 0. The third kappa shape index (κ3) is 4.00. The molecule has 1 N–H and O–H groups in total. The highest BCUT2D eigenvalue weighted by molar-refractivity contribution is 7.80. The molecule has 3 aromatic rings. The average Bonchev–Trinajstić information content (AvgIpc) is 3.16. The number of hydrogen-bond donors (Lipinski definition) is 1. The van der Waals surface area contributed by atoms with Crippen molar-refractivity contribution >= 4 is 23.0 Å². The molecule has 29 heavy (non-hydrogen) atoms. The van der Waals surface area contributed by atoms with Gasteiger partial charge in [0.1, 0.15) is 0 Å². The number of thiocarbonyl (C=S) groups is 1. The molecular formula is C22H20F3N3S. The molecule has 0 amide bonds. The fourth-order valence-electron chi connectivity index (χ4n) is 3.67. The summed E-state index contributed by atoms with van der Waals surface area (Å²) in [6, 6.07) is 17.3. The Morgan fingerprint density at radius 3 is 2.52 bits per heavy atom. The lowest BCUT2D eigenvalue weighted by Gasteiger charge is -2.39. The first kappa shape index (κ1) is 19.5. The number of rotatable bonds is 2. The van der Waals surface area contributed by atoms with E-state index in [9.17, 15) is 13.2 Å². The van der Waals surface area contributed by atoms with E-state index in [2.05, 4.69) is 40.2 Å². The Morgan fingerprint density at radius 1 is 1.03 bits per heavy atom. The predicted octanol–water partition coefficient (Wildman–Crippen LogP) is 5.62. The van der Waals surface area contributed by atoms with Crippen LogP contribution in [0.3, 0.4) is 0 Å². The highest BCUT2D eigenvalue weighted by Gasteiger charge is 2.32. The summed E-state index contributed by atoms with van der Waals surface area (Å²) in [5.74, 6) is 0. The summed E-state index contributed by atoms with van der Waals surface area (Å²) in [5.41, 5.74) is 2.98. The van der Waals surface area contributed by atoms with Crippen LogP contribution in [-0.4, -0.2) is 21.1 Å². The molecule has 150 valence electrons. The standard InChI is InChI=1S/C22H20F3N3S/c1-15-7-9-16(10-8-15)20-19-6-3-11-27(19)12-13-28(20)21(29)26-18-5-2-4-17(14-18)22(23,24)25/h2-11,14,20H,12-13H2,1H3,(H,26,29). The van der Waals surface area contributed by atoms with Crippen molar-refractivity contribution in [2.45, 2.75) is 25.7 Å². The molecule has 1 aliphatic rings. The number of alkyl halides is 3. The molecule has 3 nitrogen and oxygen atoms in total. The molecule has 2 heterocycles. The minimum atomic E-state index is -4.39. The molecule has 2 aromatic carbocycles. The average molecular weight is 415 g/mol. The van der Waals surface area contributed by atoms with Crippen molar-refractivity contribution in [2.24, 2.45) is 0 Å². The minimum absolute atomic E-state index is 0.106. The third-order valence-electron chi connectivity index (χ3n) is 5.13. The van der Waals surface area contributed by atoms with Gasteiger partial charge in [-0.1, -0.05) is 35.9 Å². The lowest BCUT2D eigenvalue weighted by atomic mass is 9.99. The van der Waals surface area contributed by atoms with Crippen molar-refractivity contribution < 1.29 is 13.2 Å². The van der Waals surface area contributed by atoms with Crippen LogP contribution in [0, 0.1) is 6.92 Å². The zero-order valence-corrected chi connectivity index (χ0v) is 16.6. The van der Waals surface area contributed by atoms with E-state index in [1.807, 2.05) is 24.1 Å². The largest absolute Gasteiger partial charge is 0.416 e. The van der Waals surface area contributed by atoms with Crippen molar-refractivity contribution in [1.29, 1.82) is 0 Å². The van der Waals surface area contributed by atoms with Crippen LogP contribution in [0.4, 0.5) is 18.9 Å². The fraction of sp³-hybridized carbons (Fsp3) is 0.227. The Hall–Kier alpha value is -2.80. The van der Waals surface area contributed by atoms with E-state index in [0.29, 0.717) is 17.3 Å². The molecule has 0 spiro atoms. The van der Waals surface area contributed by atoms with Gasteiger partial charge in [-0.3, -0.25) is 0 Å². The molecule has 1 atom stereocenters. The Kier molecular flexibility index (Phi) is 5.08. The molecule has 0 saturated heterocycles. The van der Waals surface area contributed by atoms with E-state index in [-0.39, 0.29) is 6.04 Å². The fourth-order valence-corrected chi connectivity index (χ4v) is 3.98. The lowest BCUT2D eigenvalue weighted by molar-refractivity contribution is -0.137. The van der Waals surface area contributed by atoms with Gasteiger partial charge in [-0.15, -0.1) is 0 Å². The van der Waals surface area contributed by atoms with E-state index < -0.39 is 11.7 Å². The van der Waals surface area contributed by atoms with E-state index >= 15 is 0 Å². The minimum Gasteiger partial charge on any atom is -0.348 e. The van der Waals surface area contributed by atoms with Gasteiger partial charge in [0, 0.05) is 30.7 Å². The molecule has 7 heteroatoms. The summed E-state index contributed by atoms with van der Waals surface area (Å²) in [5, 5.41) is 3.41.